The van der Waals surface area contributed by atoms with Gasteiger partial charge in [-0.1, -0.05) is 0 Å². The van der Waals surface area contributed by atoms with E-state index in [2.05, 4.69) is 39.3 Å². The van der Waals surface area contributed by atoms with E-state index < -0.39 is 0 Å². The molecule has 1 aliphatic carbocycles. The van der Waals surface area contributed by atoms with E-state index in [4.69, 9.17) is 4.98 Å². The highest BCUT2D eigenvalue weighted by Crippen LogP contribution is 2.56. The van der Waals surface area contributed by atoms with Crippen LogP contribution in [0, 0.1) is 12.3 Å². The molecular weight excluding hydrogens is 346 g/mol. The van der Waals surface area contributed by atoms with E-state index >= 15 is 0 Å². The maximum atomic E-state index is 4.69. The third-order valence-corrected chi connectivity index (χ3v) is 6.74. The van der Waals surface area contributed by atoms with Crippen LogP contribution in [0.25, 0.3) is 0 Å². The van der Waals surface area contributed by atoms with E-state index in [9.17, 15) is 0 Å². The Bertz CT molecular complexity index is 620. The fourth-order valence-corrected chi connectivity index (χ4v) is 5.15. The Morgan fingerprint density at radius 2 is 2.13 bits per heavy atom. The highest BCUT2D eigenvalue weighted by Gasteiger charge is 2.56. The van der Waals surface area contributed by atoms with Gasteiger partial charge in [-0.3, -0.25) is 4.90 Å². The average molecular weight is 370 g/mol. The second-order valence-corrected chi connectivity index (χ2v) is 8.57. The van der Waals surface area contributed by atoms with Crippen molar-refractivity contribution in [1.82, 2.24) is 15.2 Å². The predicted molar refractivity (Wildman–Crippen MR) is 101 cm³/mol. The molecule has 4 rings (SSSR count). The molecule has 1 spiro atoms. The molecule has 1 N–H and O–H groups in total. The van der Waals surface area contributed by atoms with Crippen LogP contribution in [0.15, 0.2) is 22.2 Å². The Morgan fingerprint density at radius 3 is 2.78 bits per heavy atom. The third kappa shape index (κ3) is 3.80. The highest BCUT2D eigenvalue weighted by atomic mass is 35.5. The fourth-order valence-electron chi connectivity index (χ4n) is 3.89. The van der Waals surface area contributed by atoms with E-state index in [0.29, 0.717) is 5.41 Å². The number of hydrogen-bond acceptors (Lipinski definition) is 5. The number of thiophene rings is 1. The maximum Gasteiger partial charge on any atom is 0.0897 e. The smallest absolute Gasteiger partial charge is 0.0897 e. The number of hydrogen-bond donors (Lipinski definition) is 1. The lowest BCUT2D eigenvalue weighted by Gasteiger charge is -2.29. The molecule has 126 valence electrons. The van der Waals surface area contributed by atoms with Crippen molar-refractivity contribution in [3.8, 4) is 0 Å². The Morgan fingerprint density at radius 1 is 1.30 bits per heavy atom. The summed E-state index contributed by atoms with van der Waals surface area (Å²) >= 11 is 3.57. The van der Waals surface area contributed by atoms with Crippen molar-refractivity contribution in [2.75, 3.05) is 13.1 Å². The van der Waals surface area contributed by atoms with Crippen molar-refractivity contribution in [3.05, 3.63) is 38.5 Å². The molecule has 2 fully saturated rings. The summed E-state index contributed by atoms with van der Waals surface area (Å²) in [5.74, 6) is 0. The molecule has 2 aromatic rings. The first-order valence-electron chi connectivity index (χ1n) is 8.12. The van der Waals surface area contributed by atoms with Crippen LogP contribution in [0.5, 0.6) is 0 Å². The topological polar surface area (TPSA) is 28.2 Å². The normalized spacial score (nSPS) is 22.3. The first-order chi connectivity index (χ1) is 10.8. The summed E-state index contributed by atoms with van der Waals surface area (Å²) < 4.78 is 0. The number of nitrogens with zero attached hydrogens (tertiary/aromatic N) is 2. The standard InChI is InChI=1S/C17H23N3S2.ClH/c1-13-19-15(12-22-13)10-20(9-14-2-7-21-11-14)16-8-17(16)3-5-18-6-4-17;/h2,7,11-12,16,18H,3-6,8-10H2,1H3;1H. The molecule has 2 aliphatic rings. The fraction of sp³-hybridized carbons (Fsp3) is 0.588. The van der Waals surface area contributed by atoms with Crippen LogP contribution in [0.4, 0.5) is 0 Å². The molecule has 1 saturated carbocycles. The SMILES string of the molecule is Cc1nc(CN(Cc2ccsc2)C2CC23CCNCC3)cs1.Cl. The summed E-state index contributed by atoms with van der Waals surface area (Å²) in [6.07, 6.45) is 4.06. The van der Waals surface area contributed by atoms with E-state index in [1.807, 2.05) is 0 Å². The van der Waals surface area contributed by atoms with E-state index in [1.165, 1.54) is 48.6 Å². The average Bonchev–Trinajstić information content (AvgIpc) is 2.90. The van der Waals surface area contributed by atoms with Crippen molar-refractivity contribution in [2.24, 2.45) is 5.41 Å². The summed E-state index contributed by atoms with van der Waals surface area (Å²) in [6, 6.07) is 3.01. The number of aryl methyl sites for hydroxylation is 1. The minimum absolute atomic E-state index is 0. The van der Waals surface area contributed by atoms with E-state index in [-0.39, 0.29) is 12.4 Å². The molecule has 0 aromatic carbocycles. The van der Waals surface area contributed by atoms with Crippen molar-refractivity contribution in [3.63, 3.8) is 0 Å². The van der Waals surface area contributed by atoms with Crippen LogP contribution in [-0.4, -0.2) is 29.0 Å². The molecule has 23 heavy (non-hydrogen) atoms. The summed E-state index contributed by atoms with van der Waals surface area (Å²) in [5, 5.41) is 11.4. The van der Waals surface area contributed by atoms with E-state index in [0.717, 1.165) is 19.1 Å². The van der Waals surface area contributed by atoms with Gasteiger partial charge in [-0.15, -0.1) is 23.7 Å². The van der Waals surface area contributed by atoms with Gasteiger partial charge in [-0.25, -0.2) is 4.98 Å². The lowest BCUT2D eigenvalue weighted by molar-refractivity contribution is 0.186. The van der Waals surface area contributed by atoms with E-state index in [1.54, 1.807) is 22.7 Å². The minimum Gasteiger partial charge on any atom is -0.317 e. The first-order valence-corrected chi connectivity index (χ1v) is 9.94. The molecular formula is C17H24ClN3S2. The molecule has 1 saturated heterocycles. The van der Waals surface area contributed by atoms with Crippen LogP contribution < -0.4 is 5.32 Å². The zero-order chi connectivity index (χ0) is 15.0. The number of nitrogens with one attached hydrogen (secondary N) is 1. The summed E-state index contributed by atoms with van der Waals surface area (Å²) in [4.78, 5) is 7.37. The van der Waals surface area contributed by atoms with Gasteiger partial charge in [0.1, 0.15) is 0 Å². The molecule has 1 atom stereocenters. The minimum atomic E-state index is 0. The zero-order valence-corrected chi connectivity index (χ0v) is 15.9. The number of rotatable bonds is 5. The second-order valence-electron chi connectivity index (χ2n) is 6.73. The Kier molecular flexibility index (Phi) is 5.43. The molecule has 1 unspecified atom stereocenters. The predicted octanol–water partition coefficient (Wildman–Crippen LogP) is 4.08. The maximum absolute atomic E-state index is 4.69. The summed E-state index contributed by atoms with van der Waals surface area (Å²) in [7, 11) is 0. The van der Waals surface area contributed by atoms with Crippen molar-refractivity contribution < 1.29 is 0 Å². The van der Waals surface area contributed by atoms with Gasteiger partial charge in [0.2, 0.25) is 0 Å². The van der Waals surface area contributed by atoms with Crippen LogP contribution in [0.2, 0.25) is 0 Å². The number of thiazole rings is 1. The van der Waals surface area contributed by atoms with Crippen LogP contribution in [-0.2, 0) is 13.1 Å². The van der Waals surface area contributed by atoms with Crippen molar-refractivity contribution in [2.45, 2.75) is 45.3 Å². The molecule has 3 nitrogen and oxygen atoms in total. The largest absolute Gasteiger partial charge is 0.317 e. The van der Waals surface area contributed by atoms with Gasteiger partial charge >= 0.3 is 0 Å². The van der Waals surface area contributed by atoms with Gasteiger partial charge in [-0.2, -0.15) is 11.3 Å². The molecule has 0 amide bonds. The third-order valence-electron chi connectivity index (χ3n) is 5.18. The highest BCUT2D eigenvalue weighted by molar-refractivity contribution is 7.09. The Balaban J connectivity index is 0.00000156. The molecule has 3 heterocycles. The monoisotopic (exact) mass is 369 g/mol. The Labute approximate surface area is 152 Å². The molecule has 2 aromatic heterocycles. The lowest BCUT2D eigenvalue weighted by atomic mass is 9.93. The quantitative estimate of drug-likeness (QED) is 0.860. The van der Waals surface area contributed by atoms with Gasteiger partial charge in [0, 0.05) is 24.5 Å². The number of halogens is 1. The van der Waals surface area contributed by atoms with Crippen molar-refractivity contribution in [1.29, 1.82) is 0 Å². The van der Waals surface area contributed by atoms with Gasteiger partial charge in [0.05, 0.1) is 10.7 Å². The molecule has 6 heteroatoms. The first kappa shape index (κ1) is 17.4. The zero-order valence-electron chi connectivity index (χ0n) is 13.5. The number of piperidine rings is 1. The van der Waals surface area contributed by atoms with Gasteiger partial charge in [0.25, 0.3) is 0 Å². The lowest BCUT2D eigenvalue weighted by Crippen LogP contribution is -2.35. The summed E-state index contributed by atoms with van der Waals surface area (Å²) in [5.41, 5.74) is 3.29. The van der Waals surface area contributed by atoms with Crippen LogP contribution >= 0.6 is 35.1 Å². The van der Waals surface area contributed by atoms with Gasteiger partial charge in [-0.05, 0) is 67.1 Å². The Hall–Kier alpha value is -0.460. The van der Waals surface area contributed by atoms with Crippen LogP contribution in [0.3, 0.4) is 0 Å². The number of aromatic nitrogens is 1. The van der Waals surface area contributed by atoms with Gasteiger partial charge < -0.3 is 5.32 Å². The second kappa shape index (κ2) is 7.19. The molecule has 1 aliphatic heterocycles. The van der Waals surface area contributed by atoms with Crippen molar-refractivity contribution >= 4 is 35.1 Å². The molecule has 0 bridgehead atoms. The molecule has 0 radical (unpaired) electrons. The summed E-state index contributed by atoms with van der Waals surface area (Å²) in [6.45, 7) is 6.56. The van der Waals surface area contributed by atoms with Gasteiger partial charge in [0.15, 0.2) is 0 Å². The van der Waals surface area contributed by atoms with Crippen LogP contribution in [0.1, 0.15) is 35.5 Å².